The van der Waals surface area contributed by atoms with E-state index in [1.54, 1.807) is 0 Å². The summed E-state index contributed by atoms with van der Waals surface area (Å²) in [6.07, 6.45) is 5.14. The van der Waals surface area contributed by atoms with Gasteiger partial charge in [0.1, 0.15) is 0 Å². The van der Waals surface area contributed by atoms with E-state index in [2.05, 4.69) is 52.3 Å². The van der Waals surface area contributed by atoms with Crippen LogP contribution in [0.15, 0.2) is 43.0 Å². The lowest BCUT2D eigenvalue weighted by Gasteiger charge is -2.34. The Kier molecular flexibility index (Phi) is 6.41. The van der Waals surface area contributed by atoms with Crippen LogP contribution >= 0.6 is 22.9 Å². The van der Waals surface area contributed by atoms with Crippen molar-refractivity contribution in [2.24, 2.45) is 0 Å². The number of carbonyl (C=O) groups excluding carboxylic acids is 1. The van der Waals surface area contributed by atoms with Crippen molar-refractivity contribution in [2.45, 2.75) is 50.7 Å². The predicted molar refractivity (Wildman–Crippen MR) is 137 cm³/mol. The van der Waals surface area contributed by atoms with Crippen LogP contribution < -0.4 is 10.6 Å². The van der Waals surface area contributed by atoms with Gasteiger partial charge in [-0.3, -0.25) is 4.79 Å². The highest BCUT2D eigenvalue weighted by atomic mass is 35.5. The summed E-state index contributed by atoms with van der Waals surface area (Å²) >= 11 is 7.65. The zero-order chi connectivity index (χ0) is 22.9. The smallest absolute Gasteiger partial charge is 0.280 e. The van der Waals surface area contributed by atoms with Gasteiger partial charge in [-0.05, 0) is 54.4 Å². The molecule has 2 heterocycles. The molecule has 1 fully saturated rings. The number of rotatable bonds is 5. The van der Waals surface area contributed by atoms with Crippen LogP contribution in [-0.4, -0.2) is 41.5 Å². The summed E-state index contributed by atoms with van der Waals surface area (Å²) in [4.78, 5) is 21.2. The minimum atomic E-state index is -0.0519. The highest BCUT2D eigenvalue weighted by Gasteiger charge is 2.29. The summed E-state index contributed by atoms with van der Waals surface area (Å²) in [7, 11) is 2.11. The lowest BCUT2D eigenvalue weighted by Crippen LogP contribution is -2.51. The number of hydrogen-bond donors (Lipinski definition) is 2. The first-order valence-electron chi connectivity index (χ1n) is 11.6. The molecule has 1 aliphatic heterocycles. The molecule has 0 saturated heterocycles. The molecule has 1 aliphatic carbocycles. The Morgan fingerprint density at radius 3 is 2.67 bits per heavy atom. The summed E-state index contributed by atoms with van der Waals surface area (Å²) in [5, 5.41) is 10.5. The van der Waals surface area contributed by atoms with E-state index in [0.717, 1.165) is 77.9 Å². The molecule has 3 aromatic rings. The number of likely N-dealkylation sites (N-methyl/N-ethyl adjacent to an activating group) is 1. The summed E-state index contributed by atoms with van der Waals surface area (Å²) in [6.45, 7) is 6.18. The number of thiazole rings is 1. The Labute approximate surface area is 203 Å². The SMILES string of the molecule is C=C(NC1CCCC[C@H]1NC(=O)c1nc2c(s1)CN(C)CC2)c1ccc2cc(Cl)ccc2c1. The molecule has 5 nitrogen and oxygen atoms in total. The number of benzene rings is 2. The molecule has 0 bridgehead atoms. The van der Waals surface area contributed by atoms with Crippen LogP contribution in [0.2, 0.25) is 5.02 Å². The van der Waals surface area contributed by atoms with E-state index in [1.807, 2.05) is 18.2 Å². The summed E-state index contributed by atoms with van der Waals surface area (Å²) in [6, 6.07) is 12.4. The molecule has 1 saturated carbocycles. The van der Waals surface area contributed by atoms with Gasteiger partial charge in [0, 0.05) is 47.2 Å². The monoisotopic (exact) mass is 480 g/mol. The van der Waals surface area contributed by atoms with E-state index in [0.29, 0.717) is 5.01 Å². The maximum absolute atomic E-state index is 13.0. The number of amides is 1. The molecular weight excluding hydrogens is 452 g/mol. The minimum absolute atomic E-state index is 0.0519. The topological polar surface area (TPSA) is 57.3 Å². The van der Waals surface area contributed by atoms with Crippen molar-refractivity contribution >= 4 is 45.3 Å². The third-order valence-electron chi connectivity index (χ3n) is 6.71. The molecule has 7 heteroatoms. The number of fused-ring (bicyclic) bond motifs is 2. The van der Waals surface area contributed by atoms with Crippen molar-refractivity contribution < 1.29 is 4.79 Å². The largest absolute Gasteiger partial charge is 0.380 e. The third-order valence-corrected chi connectivity index (χ3v) is 8.03. The molecule has 2 atom stereocenters. The Balaban J connectivity index is 1.27. The molecule has 1 aromatic heterocycles. The highest BCUT2D eigenvalue weighted by Crippen LogP contribution is 2.27. The Hall–Kier alpha value is -2.41. The lowest BCUT2D eigenvalue weighted by molar-refractivity contribution is 0.0917. The van der Waals surface area contributed by atoms with E-state index in [4.69, 9.17) is 11.6 Å². The summed E-state index contributed by atoms with van der Waals surface area (Å²) in [5.74, 6) is -0.0519. The van der Waals surface area contributed by atoms with E-state index in [-0.39, 0.29) is 18.0 Å². The van der Waals surface area contributed by atoms with Gasteiger partial charge in [-0.15, -0.1) is 11.3 Å². The standard InChI is InChI=1S/C26H29ClN4OS/c1-16(17-7-8-19-14-20(27)10-9-18(19)13-17)28-21-5-3-4-6-22(21)29-25(32)26-30-23-11-12-31(2)15-24(23)33-26/h7-10,13-14,21-22,28H,1,3-6,11-12,15H2,2H3,(H,29,32)/t21?,22-/m1/s1. The fourth-order valence-corrected chi connectivity index (χ4v) is 6.11. The van der Waals surface area contributed by atoms with Crippen molar-refractivity contribution in [1.82, 2.24) is 20.5 Å². The first kappa shape index (κ1) is 22.4. The van der Waals surface area contributed by atoms with Crippen LogP contribution in [0.3, 0.4) is 0 Å². The normalized spacial score (nSPS) is 20.9. The van der Waals surface area contributed by atoms with Crippen molar-refractivity contribution in [3.8, 4) is 0 Å². The van der Waals surface area contributed by atoms with Crippen LogP contribution in [0.5, 0.6) is 0 Å². The fourth-order valence-electron chi connectivity index (χ4n) is 4.84. The third kappa shape index (κ3) is 4.93. The number of aromatic nitrogens is 1. The number of hydrogen-bond acceptors (Lipinski definition) is 5. The van der Waals surface area contributed by atoms with Gasteiger partial charge >= 0.3 is 0 Å². The molecule has 1 unspecified atom stereocenters. The highest BCUT2D eigenvalue weighted by molar-refractivity contribution is 7.13. The second kappa shape index (κ2) is 9.45. The molecule has 33 heavy (non-hydrogen) atoms. The second-order valence-electron chi connectivity index (χ2n) is 9.18. The maximum atomic E-state index is 13.0. The van der Waals surface area contributed by atoms with Gasteiger partial charge in [0.15, 0.2) is 5.01 Å². The number of nitrogens with zero attached hydrogens (tertiary/aromatic N) is 2. The second-order valence-corrected chi connectivity index (χ2v) is 10.7. The van der Waals surface area contributed by atoms with Crippen LogP contribution in [-0.2, 0) is 13.0 Å². The van der Waals surface area contributed by atoms with Crippen LogP contribution in [0.4, 0.5) is 0 Å². The van der Waals surface area contributed by atoms with Gasteiger partial charge in [-0.2, -0.15) is 0 Å². The van der Waals surface area contributed by atoms with Gasteiger partial charge in [-0.25, -0.2) is 4.98 Å². The first-order chi connectivity index (χ1) is 16.0. The van der Waals surface area contributed by atoms with Crippen LogP contribution in [0.25, 0.3) is 16.5 Å². The average molecular weight is 481 g/mol. The zero-order valence-electron chi connectivity index (χ0n) is 18.9. The molecule has 2 aromatic carbocycles. The number of halogens is 1. The minimum Gasteiger partial charge on any atom is -0.380 e. The van der Waals surface area contributed by atoms with Crippen molar-refractivity contribution in [2.75, 3.05) is 13.6 Å². The van der Waals surface area contributed by atoms with Crippen molar-refractivity contribution in [1.29, 1.82) is 0 Å². The average Bonchev–Trinajstić information content (AvgIpc) is 3.23. The quantitative estimate of drug-likeness (QED) is 0.524. The van der Waals surface area contributed by atoms with E-state index in [9.17, 15) is 4.79 Å². The molecule has 0 radical (unpaired) electrons. The molecule has 2 N–H and O–H groups in total. The molecular formula is C26H29ClN4OS. The Morgan fingerprint density at radius 1 is 1.12 bits per heavy atom. The number of carbonyl (C=O) groups is 1. The molecule has 0 spiro atoms. The Bertz CT molecular complexity index is 1210. The fraction of sp³-hybridized carbons (Fsp3) is 0.385. The number of nitrogens with one attached hydrogen (secondary N) is 2. The van der Waals surface area contributed by atoms with E-state index < -0.39 is 0 Å². The first-order valence-corrected chi connectivity index (χ1v) is 12.8. The lowest BCUT2D eigenvalue weighted by atomic mass is 9.89. The summed E-state index contributed by atoms with van der Waals surface area (Å²) < 4.78 is 0. The van der Waals surface area contributed by atoms with Crippen LogP contribution in [0, 0.1) is 0 Å². The molecule has 1 amide bonds. The maximum Gasteiger partial charge on any atom is 0.280 e. The summed E-state index contributed by atoms with van der Waals surface area (Å²) in [5.41, 5.74) is 3.02. The predicted octanol–water partition coefficient (Wildman–Crippen LogP) is 5.24. The molecule has 172 valence electrons. The van der Waals surface area contributed by atoms with Gasteiger partial charge < -0.3 is 15.5 Å². The van der Waals surface area contributed by atoms with Crippen LogP contribution in [0.1, 0.15) is 51.6 Å². The Morgan fingerprint density at radius 2 is 1.85 bits per heavy atom. The zero-order valence-corrected chi connectivity index (χ0v) is 20.4. The molecule has 5 rings (SSSR count). The van der Waals surface area contributed by atoms with Crippen molar-refractivity contribution in [3.05, 3.63) is 69.1 Å². The molecule has 2 aliphatic rings. The van der Waals surface area contributed by atoms with E-state index in [1.165, 1.54) is 16.2 Å². The van der Waals surface area contributed by atoms with Gasteiger partial charge in [0.25, 0.3) is 5.91 Å². The van der Waals surface area contributed by atoms with Gasteiger partial charge in [0.05, 0.1) is 5.69 Å². The van der Waals surface area contributed by atoms with E-state index >= 15 is 0 Å². The van der Waals surface area contributed by atoms with Crippen molar-refractivity contribution in [3.63, 3.8) is 0 Å². The van der Waals surface area contributed by atoms with Gasteiger partial charge in [-0.1, -0.05) is 49.2 Å². The van der Waals surface area contributed by atoms with Gasteiger partial charge in [0.2, 0.25) is 0 Å².